The van der Waals surface area contributed by atoms with Gasteiger partial charge >= 0.3 is 12.3 Å². The Morgan fingerprint density at radius 3 is 2.39 bits per heavy atom. The van der Waals surface area contributed by atoms with Gasteiger partial charge in [-0.1, -0.05) is 12.1 Å². The first-order chi connectivity index (χ1) is 19.4. The summed E-state index contributed by atoms with van der Waals surface area (Å²) in [5.41, 5.74) is -0.201. The van der Waals surface area contributed by atoms with E-state index in [1.807, 2.05) is 0 Å². The van der Waals surface area contributed by atoms with E-state index in [9.17, 15) is 36.6 Å². The van der Waals surface area contributed by atoms with Gasteiger partial charge in [0.2, 0.25) is 0 Å². The van der Waals surface area contributed by atoms with Gasteiger partial charge in [-0.2, -0.15) is 0 Å². The maximum atomic E-state index is 13.9. The van der Waals surface area contributed by atoms with Crippen molar-refractivity contribution in [3.05, 3.63) is 65.2 Å². The highest BCUT2D eigenvalue weighted by atomic mass is 19.4. The summed E-state index contributed by atoms with van der Waals surface area (Å²) < 4.78 is 75.0. The molecule has 1 aliphatic carbocycles. The predicted octanol–water partition coefficient (Wildman–Crippen LogP) is 5.00. The lowest BCUT2D eigenvalue weighted by Gasteiger charge is -2.46. The van der Waals surface area contributed by atoms with E-state index in [1.165, 1.54) is 12.1 Å². The smallest absolute Gasteiger partial charge is 0.481 e. The van der Waals surface area contributed by atoms with Crippen LogP contribution in [0.15, 0.2) is 42.5 Å². The number of piperidine rings is 1. The number of hydrogen-bond donors (Lipinski definition) is 2. The molecule has 5 rings (SSSR count). The molecule has 2 aromatic carbocycles. The molecule has 7 nitrogen and oxygen atoms in total. The molecule has 2 saturated heterocycles. The van der Waals surface area contributed by atoms with E-state index in [0.29, 0.717) is 38.4 Å². The third kappa shape index (κ3) is 6.81. The van der Waals surface area contributed by atoms with Crippen LogP contribution in [-0.4, -0.2) is 59.6 Å². The van der Waals surface area contributed by atoms with Gasteiger partial charge in [0.15, 0.2) is 0 Å². The Hall–Kier alpha value is -3.25. The lowest BCUT2D eigenvalue weighted by atomic mass is 9.79. The number of hydrogen-bond acceptors (Lipinski definition) is 5. The van der Waals surface area contributed by atoms with Crippen LogP contribution >= 0.6 is 0 Å². The number of carbonyl (C=O) groups is 2. The Balaban J connectivity index is 1.21. The zero-order chi connectivity index (χ0) is 29.4. The maximum Gasteiger partial charge on any atom is 0.573 e. The van der Waals surface area contributed by atoms with Crippen LogP contribution in [0, 0.1) is 23.5 Å². The summed E-state index contributed by atoms with van der Waals surface area (Å²) in [6.45, 7) is 0.949. The standard InChI is InChI=1S/C29H31F5N2O5/c30-20-5-1-18(2-6-20)24-8-10-36(15-25(24)26(37)38)22-7-9-28(40-16-22,19-3-4-19)27(39)35-14-17-11-21(31)13-23(12-17)41-29(32,33)34/h1-2,5-6,11-13,19,22,24-25H,3-4,7-10,14-16H2,(H,35,39)(H,37,38)/t22-,24+,25-,28+/m1/s1. The van der Waals surface area contributed by atoms with Gasteiger partial charge in [-0.25, -0.2) is 8.78 Å². The molecule has 2 heterocycles. The number of carboxylic acid groups (broad SMARTS) is 1. The zero-order valence-corrected chi connectivity index (χ0v) is 22.1. The summed E-state index contributed by atoms with van der Waals surface area (Å²) >= 11 is 0. The molecular formula is C29H31F5N2O5. The number of nitrogens with one attached hydrogen (secondary N) is 1. The molecule has 2 N–H and O–H groups in total. The van der Waals surface area contributed by atoms with Crippen molar-refractivity contribution in [2.75, 3.05) is 19.7 Å². The fourth-order valence-corrected chi connectivity index (χ4v) is 6.22. The monoisotopic (exact) mass is 582 g/mol. The van der Waals surface area contributed by atoms with Crippen LogP contribution in [0.3, 0.4) is 0 Å². The number of alkyl halides is 3. The number of likely N-dealkylation sites (tertiary alicyclic amines) is 1. The van der Waals surface area contributed by atoms with Gasteiger partial charge in [-0.15, -0.1) is 13.2 Å². The predicted molar refractivity (Wildman–Crippen MR) is 136 cm³/mol. The highest BCUT2D eigenvalue weighted by molar-refractivity contribution is 5.86. The van der Waals surface area contributed by atoms with Crippen molar-refractivity contribution in [1.29, 1.82) is 0 Å². The summed E-state index contributed by atoms with van der Waals surface area (Å²) in [4.78, 5) is 27.6. The normalized spacial score (nSPS) is 27.3. The second-order valence-electron chi connectivity index (χ2n) is 11.1. The lowest BCUT2D eigenvalue weighted by molar-refractivity contribution is -0.274. The molecule has 0 aromatic heterocycles. The fourth-order valence-electron chi connectivity index (χ4n) is 6.22. The molecule has 2 aliphatic heterocycles. The first kappa shape index (κ1) is 29.2. The average molecular weight is 583 g/mol. The van der Waals surface area contributed by atoms with Crippen molar-refractivity contribution >= 4 is 11.9 Å². The van der Waals surface area contributed by atoms with Crippen molar-refractivity contribution in [3.63, 3.8) is 0 Å². The summed E-state index contributed by atoms with van der Waals surface area (Å²) in [6.07, 6.45) is -1.80. The van der Waals surface area contributed by atoms with Crippen LogP contribution in [0.2, 0.25) is 0 Å². The van der Waals surface area contributed by atoms with Gasteiger partial charge in [0, 0.05) is 25.2 Å². The summed E-state index contributed by atoms with van der Waals surface area (Å²) in [6, 6.07) is 8.51. The molecule has 0 unspecified atom stereocenters. The number of halogens is 5. The minimum Gasteiger partial charge on any atom is -0.481 e. The van der Waals surface area contributed by atoms with Crippen molar-refractivity contribution in [3.8, 4) is 5.75 Å². The molecule has 2 aromatic rings. The quantitative estimate of drug-likeness (QED) is 0.427. The number of amides is 1. The van der Waals surface area contributed by atoms with Gasteiger partial charge < -0.3 is 19.9 Å². The minimum atomic E-state index is -4.97. The van der Waals surface area contributed by atoms with Gasteiger partial charge in [-0.05, 0) is 85.9 Å². The molecule has 222 valence electrons. The van der Waals surface area contributed by atoms with Crippen LogP contribution in [0.25, 0.3) is 0 Å². The number of carbonyl (C=O) groups excluding carboxylic acids is 1. The van der Waals surface area contributed by atoms with E-state index in [2.05, 4.69) is 15.0 Å². The SMILES string of the molecule is O=C(O)[C@@H]1CN([C@@H]2CC[C@@](C(=O)NCc3cc(F)cc(OC(F)(F)F)c3)(C3CC3)OC2)CC[C@H]1c1ccc(F)cc1. The van der Waals surface area contributed by atoms with Gasteiger partial charge in [0.1, 0.15) is 23.0 Å². The van der Waals surface area contributed by atoms with Crippen LogP contribution in [0.5, 0.6) is 5.75 Å². The molecule has 1 saturated carbocycles. The Bertz CT molecular complexity index is 1260. The molecule has 0 spiro atoms. The number of ether oxygens (including phenoxy) is 2. The highest BCUT2D eigenvalue weighted by Gasteiger charge is 2.54. The molecule has 41 heavy (non-hydrogen) atoms. The summed E-state index contributed by atoms with van der Waals surface area (Å²) in [5.74, 6) is -4.26. The molecule has 0 radical (unpaired) electrons. The summed E-state index contributed by atoms with van der Waals surface area (Å²) in [5, 5.41) is 12.7. The largest absolute Gasteiger partial charge is 0.573 e. The molecular weight excluding hydrogens is 551 g/mol. The third-order valence-electron chi connectivity index (χ3n) is 8.40. The molecule has 0 bridgehead atoms. The van der Waals surface area contributed by atoms with Crippen LogP contribution in [-0.2, 0) is 20.9 Å². The second kappa shape index (κ2) is 11.6. The van der Waals surface area contributed by atoms with E-state index in [1.54, 1.807) is 12.1 Å². The van der Waals surface area contributed by atoms with Crippen molar-refractivity contribution in [1.82, 2.24) is 10.2 Å². The number of carboxylic acids is 1. The molecule has 3 fully saturated rings. The van der Waals surface area contributed by atoms with Crippen LogP contribution in [0.1, 0.15) is 49.1 Å². The Kier molecular flexibility index (Phi) is 8.24. The maximum absolute atomic E-state index is 13.9. The van der Waals surface area contributed by atoms with E-state index in [0.717, 1.165) is 30.5 Å². The number of aliphatic carboxylic acids is 1. The minimum absolute atomic E-state index is 0.00364. The average Bonchev–Trinajstić information content (AvgIpc) is 3.77. The van der Waals surface area contributed by atoms with E-state index in [4.69, 9.17) is 4.74 Å². The van der Waals surface area contributed by atoms with Crippen molar-refractivity contribution in [2.45, 2.75) is 62.6 Å². The molecule has 3 aliphatic rings. The number of nitrogens with zero attached hydrogens (tertiary/aromatic N) is 1. The van der Waals surface area contributed by atoms with Crippen LogP contribution in [0.4, 0.5) is 22.0 Å². The zero-order valence-electron chi connectivity index (χ0n) is 22.1. The first-order valence-corrected chi connectivity index (χ1v) is 13.6. The third-order valence-corrected chi connectivity index (χ3v) is 8.40. The van der Waals surface area contributed by atoms with E-state index >= 15 is 0 Å². The molecule has 12 heteroatoms. The lowest BCUT2D eigenvalue weighted by Crippen LogP contribution is -2.58. The van der Waals surface area contributed by atoms with Gasteiger partial charge in [0.05, 0.1) is 12.5 Å². The second-order valence-corrected chi connectivity index (χ2v) is 11.1. The Morgan fingerprint density at radius 2 is 1.78 bits per heavy atom. The van der Waals surface area contributed by atoms with Crippen LogP contribution < -0.4 is 10.1 Å². The summed E-state index contributed by atoms with van der Waals surface area (Å²) in [7, 11) is 0. The molecule has 4 atom stereocenters. The van der Waals surface area contributed by atoms with Crippen molar-refractivity contribution < 1.29 is 46.1 Å². The van der Waals surface area contributed by atoms with Gasteiger partial charge in [-0.3, -0.25) is 14.5 Å². The Morgan fingerprint density at radius 1 is 1.05 bits per heavy atom. The number of benzene rings is 2. The van der Waals surface area contributed by atoms with E-state index < -0.39 is 41.3 Å². The molecule has 1 amide bonds. The topological polar surface area (TPSA) is 88.1 Å². The highest BCUT2D eigenvalue weighted by Crippen LogP contribution is 2.47. The van der Waals surface area contributed by atoms with Crippen molar-refractivity contribution in [2.24, 2.45) is 11.8 Å². The Labute approximate surface area is 233 Å². The first-order valence-electron chi connectivity index (χ1n) is 13.6. The van der Waals surface area contributed by atoms with Gasteiger partial charge in [0.25, 0.3) is 5.91 Å². The fraction of sp³-hybridized carbons (Fsp3) is 0.517. The van der Waals surface area contributed by atoms with E-state index in [-0.39, 0.29) is 42.4 Å². The number of rotatable bonds is 8.